The molecule has 0 radical (unpaired) electrons. The molecular weight excluding hydrogens is 216 g/mol. The smallest absolute Gasteiger partial charge is 0.236 e. The van der Waals surface area contributed by atoms with E-state index in [4.69, 9.17) is 4.74 Å². The van der Waals surface area contributed by atoms with Gasteiger partial charge in [-0.3, -0.25) is 10.2 Å². The summed E-state index contributed by atoms with van der Waals surface area (Å²) in [5, 5.41) is 0. The fourth-order valence-corrected chi connectivity index (χ4v) is 0.965. The molecule has 0 aromatic carbocycles. The zero-order chi connectivity index (χ0) is 13.5. The quantitative estimate of drug-likeness (QED) is 0.556. The summed E-state index contributed by atoms with van der Waals surface area (Å²) in [6, 6.07) is 0. The van der Waals surface area contributed by atoms with Gasteiger partial charge < -0.3 is 4.74 Å². The van der Waals surface area contributed by atoms with Crippen LogP contribution in [0.15, 0.2) is 0 Å². The standard InChI is InChI=1S/C13H28N2O2/c1-12(2,3)8-10-17-9-7-11(16)14-15-13(4,5)6/h15H,7-10H2,1-6H3,(H,14,16). The molecule has 17 heavy (non-hydrogen) atoms. The second-order valence-electron chi connectivity index (χ2n) is 6.60. The van der Waals surface area contributed by atoms with Gasteiger partial charge in [-0.15, -0.1) is 0 Å². The number of hydrogen-bond acceptors (Lipinski definition) is 3. The fraction of sp³-hybridized carbons (Fsp3) is 0.923. The molecule has 0 rings (SSSR count). The molecule has 4 heteroatoms. The van der Waals surface area contributed by atoms with Crippen molar-refractivity contribution < 1.29 is 9.53 Å². The van der Waals surface area contributed by atoms with Crippen molar-refractivity contribution in [1.82, 2.24) is 10.9 Å². The van der Waals surface area contributed by atoms with Crippen LogP contribution < -0.4 is 10.9 Å². The Morgan fingerprint density at radius 2 is 1.65 bits per heavy atom. The van der Waals surface area contributed by atoms with Crippen LogP contribution in [0.2, 0.25) is 0 Å². The van der Waals surface area contributed by atoms with Gasteiger partial charge in [-0.2, -0.15) is 0 Å². The third-order valence-electron chi connectivity index (χ3n) is 2.05. The lowest BCUT2D eigenvalue weighted by Gasteiger charge is -2.21. The number of carbonyl (C=O) groups excluding carboxylic acids is 1. The van der Waals surface area contributed by atoms with Gasteiger partial charge in [0.2, 0.25) is 5.91 Å². The molecule has 2 N–H and O–H groups in total. The van der Waals surface area contributed by atoms with E-state index in [1.165, 1.54) is 0 Å². The van der Waals surface area contributed by atoms with Gasteiger partial charge in [0.15, 0.2) is 0 Å². The first-order chi connectivity index (χ1) is 7.60. The highest BCUT2D eigenvalue weighted by Crippen LogP contribution is 2.17. The maximum absolute atomic E-state index is 11.4. The SMILES string of the molecule is CC(C)(C)CCOCCC(=O)NNC(C)(C)C. The number of hydrogen-bond donors (Lipinski definition) is 2. The summed E-state index contributed by atoms with van der Waals surface area (Å²) in [6.07, 6.45) is 1.40. The van der Waals surface area contributed by atoms with Gasteiger partial charge in [-0.25, -0.2) is 5.43 Å². The maximum Gasteiger partial charge on any atom is 0.236 e. The molecule has 1 amide bonds. The lowest BCUT2D eigenvalue weighted by Crippen LogP contribution is -2.48. The van der Waals surface area contributed by atoms with Gasteiger partial charge in [-0.05, 0) is 32.6 Å². The third kappa shape index (κ3) is 13.3. The predicted octanol–water partition coefficient (Wildman–Crippen LogP) is 2.25. The highest BCUT2D eigenvalue weighted by Gasteiger charge is 2.11. The Bertz CT molecular complexity index is 227. The number of amides is 1. The van der Waals surface area contributed by atoms with Crippen LogP contribution in [0, 0.1) is 5.41 Å². The van der Waals surface area contributed by atoms with Gasteiger partial charge >= 0.3 is 0 Å². The minimum Gasteiger partial charge on any atom is -0.381 e. The second kappa shape index (κ2) is 6.97. The van der Waals surface area contributed by atoms with Crippen LogP contribution in [0.25, 0.3) is 0 Å². The Balaban J connectivity index is 3.47. The Labute approximate surface area is 105 Å². The second-order valence-corrected chi connectivity index (χ2v) is 6.60. The average Bonchev–Trinajstić information content (AvgIpc) is 2.11. The number of hydrazine groups is 1. The Morgan fingerprint density at radius 1 is 1.06 bits per heavy atom. The van der Waals surface area contributed by atoms with Crippen molar-refractivity contribution in [3.8, 4) is 0 Å². The Morgan fingerprint density at radius 3 is 2.12 bits per heavy atom. The van der Waals surface area contributed by atoms with Crippen molar-refractivity contribution in [1.29, 1.82) is 0 Å². The van der Waals surface area contributed by atoms with E-state index in [1.54, 1.807) is 0 Å². The molecule has 0 bridgehead atoms. The molecule has 0 aliphatic rings. The molecule has 0 unspecified atom stereocenters. The van der Waals surface area contributed by atoms with Crippen LogP contribution in [0.4, 0.5) is 0 Å². The lowest BCUT2D eigenvalue weighted by atomic mass is 9.93. The van der Waals surface area contributed by atoms with E-state index in [0.29, 0.717) is 19.6 Å². The van der Waals surface area contributed by atoms with E-state index >= 15 is 0 Å². The molecule has 0 heterocycles. The summed E-state index contributed by atoms with van der Waals surface area (Å²) in [4.78, 5) is 11.4. The van der Waals surface area contributed by atoms with Crippen molar-refractivity contribution >= 4 is 5.91 Å². The van der Waals surface area contributed by atoms with Crippen molar-refractivity contribution in [3.63, 3.8) is 0 Å². The van der Waals surface area contributed by atoms with E-state index in [9.17, 15) is 4.79 Å². The molecule has 102 valence electrons. The monoisotopic (exact) mass is 244 g/mol. The van der Waals surface area contributed by atoms with Crippen LogP contribution in [0.3, 0.4) is 0 Å². The van der Waals surface area contributed by atoms with Crippen LogP contribution in [0.1, 0.15) is 54.4 Å². The van der Waals surface area contributed by atoms with Crippen molar-refractivity contribution in [2.24, 2.45) is 5.41 Å². The predicted molar refractivity (Wildman–Crippen MR) is 70.5 cm³/mol. The molecule has 0 aromatic rings. The molecule has 0 spiro atoms. The zero-order valence-corrected chi connectivity index (χ0v) is 12.1. The summed E-state index contributed by atoms with van der Waals surface area (Å²) < 4.78 is 5.42. The van der Waals surface area contributed by atoms with Crippen molar-refractivity contribution in [3.05, 3.63) is 0 Å². The van der Waals surface area contributed by atoms with Gasteiger partial charge in [0.25, 0.3) is 0 Å². The molecule has 0 fully saturated rings. The highest BCUT2D eigenvalue weighted by atomic mass is 16.5. The van der Waals surface area contributed by atoms with Gasteiger partial charge in [0, 0.05) is 12.1 Å². The lowest BCUT2D eigenvalue weighted by molar-refractivity contribution is -0.123. The minimum absolute atomic E-state index is 0.0318. The molecular formula is C13H28N2O2. The highest BCUT2D eigenvalue weighted by molar-refractivity contribution is 5.75. The molecule has 0 aliphatic heterocycles. The van der Waals surface area contributed by atoms with Gasteiger partial charge in [-0.1, -0.05) is 20.8 Å². The van der Waals surface area contributed by atoms with Gasteiger partial charge in [0.05, 0.1) is 13.0 Å². The van der Waals surface area contributed by atoms with E-state index in [-0.39, 0.29) is 16.9 Å². The summed E-state index contributed by atoms with van der Waals surface area (Å²) in [7, 11) is 0. The van der Waals surface area contributed by atoms with E-state index in [0.717, 1.165) is 6.42 Å². The molecule has 0 saturated heterocycles. The van der Waals surface area contributed by atoms with Crippen LogP contribution in [-0.2, 0) is 9.53 Å². The molecule has 0 aliphatic carbocycles. The van der Waals surface area contributed by atoms with E-state index in [2.05, 4.69) is 31.6 Å². The summed E-state index contributed by atoms with van der Waals surface area (Å²) in [5.41, 5.74) is 5.77. The molecule has 4 nitrogen and oxygen atoms in total. The average molecular weight is 244 g/mol. The van der Waals surface area contributed by atoms with Crippen LogP contribution in [0.5, 0.6) is 0 Å². The van der Waals surface area contributed by atoms with Crippen molar-refractivity contribution in [2.75, 3.05) is 13.2 Å². The van der Waals surface area contributed by atoms with E-state index in [1.807, 2.05) is 20.8 Å². The topological polar surface area (TPSA) is 50.4 Å². The first kappa shape index (κ1) is 16.4. The summed E-state index contributed by atoms with van der Waals surface area (Å²) in [6.45, 7) is 13.7. The third-order valence-corrected chi connectivity index (χ3v) is 2.05. The fourth-order valence-electron chi connectivity index (χ4n) is 0.965. The zero-order valence-electron chi connectivity index (χ0n) is 12.1. The largest absolute Gasteiger partial charge is 0.381 e. The first-order valence-corrected chi connectivity index (χ1v) is 6.24. The Kier molecular flexibility index (Phi) is 6.72. The van der Waals surface area contributed by atoms with E-state index < -0.39 is 0 Å². The van der Waals surface area contributed by atoms with Crippen molar-refractivity contribution in [2.45, 2.75) is 59.9 Å². The molecule has 0 aromatic heterocycles. The molecule has 0 atom stereocenters. The van der Waals surface area contributed by atoms with Crippen LogP contribution in [-0.4, -0.2) is 24.7 Å². The number of nitrogens with one attached hydrogen (secondary N) is 2. The number of carbonyl (C=O) groups is 1. The minimum atomic E-state index is -0.108. The first-order valence-electron chi connectivity index (χ1n) is 6.24. The summed E-state index contributed by atoms with van der Waals surface area (Å²) >= 11 is 0. The van der Waals surface area contributed by atoms with Crippen LogP contribution >= 0.6 is 0 Å². The Hall–Kier alpha value is -0.610. The number of ether oxygens (including phenoxy) is 1. The maximum atomic E-state index is 11.4. The molecule has 0 saturated carbocycles. The normalized spacial score (nSPS) is 12.6. The summed E-state index contributed by atoms with van der Waals surface area (Å²) in [5.74, 6) is -0.0318. The van der Waals surface area contributed by atoms with Gasteiger partial charge in [0.1, 0.15) is 0 Å². The number of rotatable bonds is 6.